The Kier molecular flexibility index (Phi) is 6.28. The van der Waals surface area contributed by atoms with E-state index in [4.69, 9.17) is 15.9 Å². The number of nitrogens with two attached hydrogens (primary N) is 2. The lowest BCUT2D eigenvalue weighted by Crippen LogP contribution is -2.23. The number of benzene rings is 1. The number of aliphatic imine (C=N–C) groups is 1. The van der Waals surface area contributed by atoms with E-state index in [0.717, 1.165) is 11.3 Å². The zero-order valence-corrected chi connectivity index (χ0v) is 16.3. The van der Waals surface area contributed by atoms with Crippen molar-refractivity contribution in [1.82, 2.24) is 10.3 Å². The van der Waals surface area contributed by atoms with Crippen LogP contribution in [0.4, 0.5) is 10.8 Å². The molecule has 0 unspecified atom stereocenters. The molecule has 1 aromatic carbocycles. The van der Waals surface area contributed by atoms with E-state index in [1.807, 2.05) is 41.8 Å². The summed E-state index contributed by atoms with van der Waals surface area (Å²) in [5, 5.41) is 8.16. The number of thiazole rings is 1. The van der Waals surface area contributed by atoms with Crippen LogP contribution >= 0.6 is 11.3 Å². The summed E-state index contributed by atoms with van der Waals surface area (Å²) < 4.78 is 5.69. The van der Waals surface area contributed by atoms with Gasteiger partial charge in [0.25, 0.3) is 0 Å². The van der Waals surface area contributed by atoms with Crippen molar-refractivity contribution in [3.8, 4) is 11.5 Å². The molecule has 6 N–H and O–H groups in total. The van der Waals surface area contributed by atoms with Gasteiger partial charge in [0.05, 0.1) is 6.54 Å². The molecular weight excluding hydrogens is 376 g/mol. The third-order valence-corrected chi connectivity index (χ3v) is 4.64. The molecule has 28 heavy (non-hydrogen) atoms. The smallest absolute Gasteiger partial charge is 0.217 e. The van der Waals surface area contributed by atoms with Crippen molar-refractivity contribution in [2.45, 2.75) is 19.9 Å². The first-order chi connectivity index (χ1) is 13.5. The first-order valence-electron chi connectivity index (χ1n) is 8.70. The lowest BCUT2D eigenvalue weighted by molar-refractivity contribution is -0.119. The van der Waals surface area contributed by atoms with Crippen molar-refractivity contribution < 1.29 is 9.21 Å². The van der Waals surface area contributed by atoms with Gasteiger partial charge in [-0.25, -0.2) is 4.98 Å². The largest absolute Gasteiger partial charge is 0.458 e. The summed E-state index contributed by atoms with van der Waals surface area (Å²) in [6.45, 7) is 2.33. The highest BCUT2D eigenvalue weighted by molar-refractivity contribution is 7.14. The molecule has 8 nitrogen and oxygen atoms in total. The maximum absolute atomic E-state index is 11.0. The second-order valence-corrected chi connectivity index (χ2v) is 6.91. The highest BCUT2D eigenvalue weighted by Crippen LogP contribution is 2.26. The average Bonchev–Trinajstić information content (AvgIpc) is 3.31. The number of aromatic nitrogens is 1. The number of anilines is 2. The van der Waals surface area contributed by atoms with Gasteiger partial charge in [-0.1, -0.05) is 18.2 Å². The van der Waals surface area contributed by atoms with Gasteiger partial charge in [0.15, 0.2) is 16.9 Å². The SMILES string of the molecule is CC(=O)NCc1ccc(-c2csc(NC(N)=NCCc3ccccc3N)n2)o1. The van der Waals surface area contributed by atoms with Gasteiger partial charge in [-0.2, -0.15) is 0 Å². The Hall–Kier alpha value is -3.33. The van der Waals surface area contributed by atoms with Crippen LogP contribution in [0.2, 0.25) is 0 Å². The van der Waals surface area contributed by atoms with Gasteiger partial charge in [0.1, 0.15) is 11.5 Å². The number of carbonyl (C=O) groups excluding carboxylic acids is 1. The molecule has 0 fully saturated rings. The van der Waals surface area contributed by atoms with E-state index in [0.29, 0.717) is 47.8 Å². The first-order valence-corrected chi connectivity index (χ1v) is 9.58. The minimum absolute atomic E-state index is 0.109. The predicted molar refractivity (Wildman–Crippen MR) is 112 cm³/mol. The molecule has 0 radical (unpaired) electrons. The Bertz CT molecular complexity index is 978. The van der Waals surface area contributed by atoms with Crippen molar-refractivity contribution in [3.05, 3.63) is 53.1 Å². The van der Waals surface area contributed by atoms with Crippen LogP contribution in [-0.4, -0.2) is 23.4 Å². The summed E-state index contributed by atoms with van der Waals surface area (Å²) in [7, 11) is 0. The van der Waals surface area contributed by atoms with E-state index < -0.39 is 0 Å². The van der Waals surface area contributed by atoms with E-state index in [1.54, 1.807) is 0 Å². The van der Waals surface area contributed by atoms with Gasteiger partial charge in [0, 0.05) is 24.5 Å². The molecule has 0 aliphatic heterocycles. The summed E-state index contributed by atoms with van der Waals surface area (Å²) in [6.07, 6.45) is 0.710. The molecule has 146 valence electrons. The topological polar surface area (TPSA) is 132 Å². The summed E-state index contributed by atoms with van der Waals surface area (Å²) >= 11 is 1.40. The van der Waals surface area contributed by atoms with Gasteiger partial charge in [-0.05, 0) is 30.2 Å². The lowest BCUT2D eigenvalue weighted by Gasteiger charge is -2.04. The fourth-order valence-electron chi connectivity index (χ4n) is 2.47. The Morgan fingerprint density at radius 3 is 2.89 bits per heavy atom. The lowest BCUT2D eigenvalue weighted by atomic mass is 10.1. The average molecular weight is 398 g/mol. The Balaban J connectivity index is 1.55. The van der Waals surface area contributed by atoms with Gasteiger partial charge in [0.2, 0.25) is 5.91 Å². The number of hydrogen-bond donors (Lipinski definition) is 4. The monoisotopic (exact) mass is 398 g/mol. The fourth-order valence-corrected chi connectivity index (χ4v) is 3.18. The van der Waals surface area contributed by atoms with E-state index >= 15 is 0 Å². The molecule has 2 aromatic heterocycles. The number of nitrogens with one attached hydrogen (secondary N) is 2. The third-order valence-electron chi connectivity index (χ3n) is 3.88. The van der Waals surface area contributed by atoms with Crippen LogP contribution in [0.25, 0.3) is 11.5 Å². The van der Waals surface area contributed by atoms with Crippen LogP contribution in [0.3, 0.4) is 0 Å². The highest BCUT2D eigenvalue weighted by atomic mass is 32.1. The second kappa shape index (κ2) is 9.05. The summed E-state index contributed by atoms with van der Waals surface area (Å²) in [5.41, 5.74) is 14.3. The molecule has 0 aliphatic carbocycles. The number of nitrogen functional groups attached to an aromatic ring is 1. The molecule has 1 amide bonds. The molecule has 0 saturated carbocycles. The summed E-state index contributed by atoms with van der Waals surface area (Å²) in [4.78, 5) is 19.7. The first kappa shape index (κ1) is 19.4. The Morgan fingerprint density at radius 1 is 1.29 bits per heavy atom. The van der Waals surface area contributed by atoms with Crippen LogP contribution in [-0.2, 0) is 17.8 Å². The number of para-hydroxylation sites is 1. The number of rotatable bonds is 7. The molecule has 0 spiro atoms. The summed E-state index contributed by atoms with van der Waals surface area (Å²) in [6, 6.07) is 11.3. The number of hydrogen-bond acceptors (Lipinski definition) is 6. The van der Waals surface area contributed by atoms with E-state index in [1.165, 1.54) is 18.3 Å². The molecule has 0 saturated heterocycles. The molecular formula is C19H22N6O2S. The maximum atomic E-state index is 11.0. The molecule has 0 bridgehead atoms. The molecule has 2 heterocycles. The van der Waals surface area contributed by atoms with Crippen molar-refractivity contribution in [1.29, 1.82) is 0 Å². The van der Waals surface area contributed by atoms with Crippen molar-refractivity contribution in [2.75, 3.05) is 17.6 Å². The number of nitrogens with zero attached hydrogens (tertiary/aromatic N) is 2. The standard InChI is InChI=1S/C19H22N6O2S/c1-12(26)23-10-14-6-7-17(27-14)16-11-28-19(24-16)25-18(21)22-9-8-13-4-2-3-5-15(13)20/h2-7,11H,8-10,20H2,1H3,(H,23,26)(H3,21,22,24,25). The van der Waals surface area contributed by atoms with Crippen LogP contribution in [0.5, 0.6) is 0 Å². The van der Waals surface area contributed by atoms with Crippen molar-refractivity contribution >= 4 is 34.0 Å². The maximum Gasteiger partial charge on any atom is 0.217 e. The zero-order chi connectivity index (χ0) is 19.9. The van der Waals surface area contributed by atoms with E-state index in [-0.39, 0.29) is 5.91 Å². The molecule has 0 aliphatic rings. The quantitative estimate of drug-likeness (QED) is 0.275. The predicted octanol–water partition coefficient (Wildman–Crippen LogP) is 2.59. The van der Waals surface area contributed by atoms with Gasteiger partial charge in [-0.3, -0.25) is 9.79 Å². The number of guanidine groups is 1. The fraction of sp³-hybridized carbons (Fsp3) is 0.211. The Labute approximate surface area is 166 Å². The van der Waals surface area contributed by atoms with E-state index in [2.05, 4.69) is 20.6 Å². The minimum Gasteiger partial charge on any atom is -0.458 e. The molecule has 9 heteroatoms. The van der Waals surface area contributed by atoms with Gasteiger partial charge < -0.3 is 26.5 Å². The van der Waals surface area contributed by atoms with Gasteiger partial charge in [-0.15, -0.1) is 11.3 Å². The zero-order valence-electron chi connectivity index (χ0n) is 15.4. The van der Waals surface area contributed by atoms with Crippen LogP contribution in [0, 0.1) is 0 Å². The summed E-state index contributed by atoms with van der Waals surface area (Å²) in [5.74, 6) is 1.47. The second-order valence-electron chi connectivity index (χ2n) is 6.05. The highest BCUT2D eigenvalue weighted by Gasteiger charge is 2.10. The molecule has 3 rings (SSSR count). The van der Waals surface area contributed by atoms with Crippen LogP contribution in [0.1, 0.15) is 18.2 Å². The molecule has 3 aromatic rings. The van der Waals surface area contributed by atoms with Crippen molar-refractivity contribution in [2.24, 2.45) is 10.7 Å². The van der Waals surface area contributed by atoms with Crippen molar-refractivity contribution in [3.63, 3.8) is 0 Å². The number of carbonyl (C=O) groups is 1. The van der Waals surface area contributed by atoms with Gasteiger partial charge >= 0.3 is 0 Å². The van der Waals surface area contributed by atoms with E-state index in [9.17, 15) is 4.79 Å². The third kappa shape index (κ3) is 5.34. The minimum atomic E-state index is -0.109. The molecule has 0 atom stereocenters. The van der Waals surface area contributed by atoms with Crippen LogP contribution in [0.15, 0.2) is 51.2 Å². The number of furan rings is 1. The number of amides is 1. The van der Waals surface area contributed by atoms with Crippen LogP contribution < -0.4 is 22.1 Å². The Morgan fingerprint density at radius 2 is 2.11 bits per heavy atom. The normalized spacial score (nSPS) is 11.4.